The van der Waals surface area contributed by atoms with Crippen LogP contribution in [0, 0.1) is 5.82 Å². The highest BCUT2D eigenvalue weighted by Gasteiger charge is 2.09. The molecule has 0 atom stereocenters. The van der Waals surface area contributed by atoms with Crippen molar-refractivity contribution in [1.29, 1.82) is 0 Å². The van der Waals surface area contributed by atoms with Crippen molar-refractivity contribution in [3.63, 3.8) is 0 Å². The summed E-state index contributed by atoms with van der Waals surface area (Å²) in [6.07, 6.45) is 2.31. The molecule has 2 aromatic carbocycles. The SMILES string of the molecule is CN=C(NCCc1coc(-c2ccc(F)cc2)n1)N(C)Cc1ccc(OC)cc1.I. The lowest BCUT2D eigenvalue weighted by Crippen LogP contribution is -2.39. The van der Waals surface area contributed by atoms with E-state index in [2.05, 4.69) is 20.2 Å². The van der Waals surface area contributed by atoms with Crippen molar-refractivity contribution in [3.05, 3.63) is 71.9 Å². The molecule has 30 heavy (non-hydrogen) atoms. The fourth-order valence-electron chi connectivity index (χ4n) is 2.91. The van der Waals surface area contributed by atoms with Crippen LogP contribution in [0.5, 0.6) is 5.75 Å². The van der Waals surface area contributed by atoms with Crippen LogP contribution in [0.2, 0.25) is 0 Å². The van der Waals surface area contributed by atoms with Crippen molar-refractivity contribution < 1.29 is 13.5 Å². The first kappa shape index (κ1) is 23.7. The Morgan fingerprint density at radius 3 is 2.50 bits per heavy atom. The van der Waals surface area contributed by atoms with Gasteiger partial charge in [-0.3, -0.25) is 4.99 Å². The van der Waals surface area contributed by atoms with Gasteiger partial charge in [0.15, 0.2) is 5.96 Å². The summed E-state index contributed by atoms with van der Waals surface area (Å²) >= 11 is 0. The topological polar surface area (TPSA) is 62.9 Å². The monoisotopic (exact) mass is 524 g/mol. The van der Waals surface area contributed by atoms with Gasteiger partial charge in [0.2, 0.25) is 5.89 Å². The third-order valence-electron chi connectivity index (χ3n) is 4.46. The predicted molar refractivity (Wildman–Crippen MR) is 127 cm³/mol. The number of hydrogen-bond acceptors (Lipinski definition) is 4. The lowest BCUT2D eigenvalue weighted by molar-refractivity contribution is 0.414. The van der Waals surface area contributed by atoms with Crippen LogP contribution in [-0.4, -0.2) is 43.6 Å². The number of nitrogens with one attached hydrogen (secondary N) is 1. The second-order valence-electron chi connectivity index (χ2n) is 6.58. The van der Waals surface area contributed by atoms with Crippen LogP contribution in [0.25, 0.3) is 11.5 Å². The van der Waals surface area contributed by atoms with Crippen LogP contribution in [0.4, 0.5) is 4.39 Å². The van der Waals surface area contributed by atoms with Crippen LogP contribution in [0.3, 0.4) is 0 Å². The van der Waals surface area contributed by atoms with E-state index in [1.165, 1.54) is 12.1 Å². The molecule has 0 unspecified atom stereocenters. The number of aliphatic imine (C=N–C) groups is 1. The number of ether oxygens (including phenoxy) is 1. The summed E-state index contributed by atoms with van der Waals surface area (Å²) in [7, 11) is 5.41. The Kier molecular flexibility index (Phi) is 9.10. The normalized spacial score (nSPS) is 11.0. The number of benzene rings is 2. The van der Waals surface area contributed by atoms with Crippen molar-refractivity contribution >= 4 is 29.9 Å². The van der Waals surface area contributed by atoms with Gasteiger partial charge in [-0.15, -0.1) is 24.0 Å². The van der Waals surface area contributed by atoms with Gasteiger partial charge in [-0.1, -0.05) is 12.1 Å². The van der Waals surface area contributed by atoms with E-state index in [4.69, 9.17) is 9.15 Å². The summed E-state index contributed by atoms with van der Waals surface area (Å²) in [5.41, 5.74) is 2.74. The minimum Gasteiger partial charge on any atom is -0.497 e. The van der Waals surface area contributed by atoms with Crippen LogP contribution in [0.15, 0.2) is 64.2 Å². The maximum Gasteiger partial charge on any atom is 0.226 e. The summed E-state index contributed by atoms with van der Waals surface area (Å²) < 4.78 is 23.7. The maximum absolute atomic E-state index is 13.0. The molecule has 0 fully saturated rings. The predicted octanol–water partition coefficient (Wildman–Crippen LogP) is 4.36. The Bertz CT molecular complexity index is 943. The minimum atomic E-state index is -0.283. The van der Waals surface area contributed by atoms with E-state index in [0.29, 0.717) is 18.9 Å². The average molecular weight is 524 g/mol. The average Bonchev–Trinajstić information content (AvgIpc) is 3.21. The van der Waals surface area contributed by atoms with Crippen LogP contribution in [0.1, 0.15) is 11.3 Å². The fourth-order valence-corrected chi connectivity index (χ4v) is 2.91. The summed E-state index contributed by atoms with van der Waals surface area (Å²) in [5, 5.41) is 3.34. The molecule has 3 aromatic rings. The highest BCUT2D eigenvalue weighted by Crippen LogP contribution is 2.19. The molecular formula is C22H26FIN4O2. The molecule has 6 nitrogen and oxygen atoms in total. The lowest BCUT2D eigenvalue weighted by Gasteiger charge is -2.22. The van der Waals surface area contributed by atoms with E-state index in [1.807, 2.05) is 31.3 Å². The van der Waals surface area contributed by atoms with Gasteiger partial charge in [0.25, 0.3) is 0 Å². The molecule has 1 N–H and O–H groups in total. The molecule has 0 saturated carbocycles. The zero-order valence-electron chi connectivity index (χ0n) is 17.3. The van der Waals surface area contributed by atoms with Crippen molar-refractivity contribution in [3.8, 4) is 17.2 Å². The minimum absolute atomic E-state index is 0. The smallest absolute Gasteiger partial charge is 0.226 e. The van der Waals surface area contributed by atoms with Crippen molar-refractivity contribution in [2.45, 2.75) is 13.0 Å². The Morgan fingerprint density at radius 1 is 1.17 bits per heavy atom. The summed E-state index contributed by atoms with van der Waals surface area (Å²) in [6, 6.07) is 14.1. The molecule has 0 aliphatic rings. The van der Waals surface area contributed by atoms with E-state index in [9.17, 15) is 4.39 Å². The molecule has 0 spiro atoms. The second-order valence-corrected chi connectivity index (χ2v) is 6.58. The van der Waals surface area contributed by atoms with Gasteiger partial charge >= 0.3 is 0 Å². The molecule has 3 rings (SSSR count). The van der Waals surface area contributed by atoms with E-state index in [-0.39, 0.29) is 29.8 Å². The van der Waals surface area contributed by atoms with Crippen LogP contribution in [-0.2, 0) is 13.0 Å². The Labute approximate surface area is 193 Å². The Hall–Kier alpha value is -2.62. The zero-order valence-corrected chi connectivity index (χ0v) is 19.6. The quantitative estimate of drug-likeness (QED) is 0.283. The lowest BCUT2D eigenvalue weighted by atomic mass is 10.2. The molecule has 8 heteroatoms. The Morgan fingerprint density at radius 2 is 1.87 bits per heavy atom. The van der Waals surface area contributed by atoms with E-state index in [1.54, 1.807) is 32.6 Å². The molecule has 0 amide bonds. The van der Waals surface area contributed by atoms with Crippen LogP contribution < -0.4 is 10.1 Å². The highest BCUT2D eigenvalue weighted by molar-refractivity contribution is 14.0. The molecule has 0 aliphatic heterocycles. The van der Waals surface area contributed by atoms with Crippen molar-refractivity contribution in [1.82, 2.24) is 15.2 Å². The summed E-state index contributed by atoms with van der Waals surface area (Å²) in [6.45, 7) is 1.39. The van der Waals surface area contributed by atoms with Gasteiger partial charge in [-0.2, -0.15) is 0 Å². The maximum atomic E-state index is 13.0. The number of hydrogen-bond donors (Lipinski definition) is 1. The summed E-state index contributed by atoms with van der Waals surface area (Å²) in [5.74, 6) is 1.84. The molecular weight excluding hydrogens is 498 g/mol. The molecule has 1 heterocycles. The van der Waals surface area contributed by atoms with Gasteiger partial charge in [0.1, 0.15) is 17.8 Å². The standard InChI is InChI=1S/C22H25FN4O2.HI/c1-24-22(27(2)14-16-4-10-20(28-3)11-5-16)25-13-12-19-15-29-21(26-19)17-6-8-18(23)9-7-17;/h4-11,15H,12-14H2,1-3H3,(H,24,25);1H. The fraction of sp³-hybridized carbons (Fsp3) is 0.273. The number of nitrogens with zero attached hydrogens (tertiary/aromatic N) is 3. The second kappa shape index (κ2) is 11.5. The summed E-state index contributed by atoms with van der Waals surface area (Å²) in [4.78, 5) is 10.9. The van der Waals surface area contributed by atoms with Gasteiger partial charge in [0.05, 0.1) is 12.8 Å². The number of oxazole rings is 1. The largest absolute Gasteiger partial charge is 0.497 e. The molecule has 1 aromatic heterocycles. The first-order valence-electron chi connectivity index (χ1n) is 9.34. The third kappa shape index (κ3) is 6.45. The molecule has 0 radical (unpaired) electrons. The molecule has 0 aliphatic carbocycles. The number of rotatable bonds is 7. The molecule has 0 saturated heterocycles. The van der Waals surface area contributed by atoms with E-state index >= 15 is 0 Å². The highest BCUT2D eigenvalue weighted by atomic mass is 127. The van der Waals surface area contributed by atoms with Gasteiger partial charge in [-0.05, 0) is 42.0 Å². The molecule has 0 bridgehead atoms. The Balaban J connectivity index is 0.00000320. The zero-order chi connectivity index (χ0) is 20.6. The number of halogens is 2. The number of guanidine groups is 1. The number of aromatic nitrogens is 1. The first-order valence-corrected chi connectivity index (χ1v) is 9.34. The van der Waals surface area contributed by atoms with Crippen molar-refractivity contribution in [2.75, 3.05) is 27.7 Å². The van der Waals surface area contributed by atoms with Gasteiger partial charge < -0.3 is 19.4 Å². The molecule has 160 valence electrons. The van der Waals surface area contributed by atoms with E-state index < -0.39 is 0 Å². The number of methoxy groups -OCH3 is 1. The van der Waals surface area contributed by atoms with Crippen molar-refractivity contribution in [2.24, 2.45) is 4.99 Å². The van der Waals surface area contributed by atoms with Gasteiger partial charge in [-0.25, -0.2) is 9.37 Å². The van der Waals surface area contributed by atoms with Gasteiger partial charge in [0, 0.05) is 39.2 Å². The third-order valence-corrected chi connectivity index (χ3v) is 4.46. The van der Waals surface area contributed by atoms with E-state index in [0.717, 1.165) is 35.1 Å². The first-order chi connectivity index (χ1) is 14.1. The van der Waals surface area contributed by atoms with Crippen LogP contribution >= 0.6 is 24.0 Å².